The summed E-state index contributed by atoms with van der Waals surface area (Å²) in [5.74, 6) is 0.135. The van der Waals surface area contributed by atoms with Crippen molar-refractivity contribution >= 4 is 10.0 Å². The minimum absolute atomic E-state index is 0.0967. The van der Waals surface area contributed by atoms with Gasteiger partial charge >= 0.3 is 0 Å². The molecule has 0 aromatic heterocycles. The van der Waals surface area contributed by atoms with E-state index in [9.17, 15) is 13.5 Å². The van der Waals surface area contributed by atoms with Crippen molar-refractivity contribution in [1.29, 1.82) is 0 Å². The summed E-state index contributed by atoms with van der Waals surface area (Å²) in [4.78, 5) is 2.27. The first-order valence-electron chi connectivity index (χ1n) is 6.77. The van der Waals surface area contributed by atoms with Gasteiger partial charge in [-0.1, -0.05) is 6.92 Å². The van der Waals surface area contributed by atoms with Crippen LogP contribution in [0.1, 0.15) is 33.1 Å². The van der Waals surface area contributed by atoms with Crippen LogP contribution in [-0.4, -0.2) is 57.0 Å². The van der Waals surface area contributed by atoms with Crippen molar-refractivity contribution in [3.05, 3.63) is 0 Å². The maximum Gasteiger partial charge on any atom is 0.211 e. The summed E-state index contributed by atoms with van der Waals surface area (Å²) in [6.07, 6.45) is 3.01. The molecule has 108 valence electrons. The third-order valence-corrected chi connectivity index (χ3v) is 5.54. The molecule has 0 aromatic rings. The number of hydrogen-bond acceptors (Lipinski definition) is 4. The summed E-state index contributed by atoms with van der Waals surface area (Å²) < 4.78 is 25.1. The van der Waals surface area contributed by atoms with Gasteiger partial charge in [0.05, 0.1) is 5.75 Å². The van der Waals surface area contributed by atoms with Crippen LogP contribution < -0.4 is 4.72 Å². The molecule has 0 atom stereocenters. The first-order valence-corrected chi connectivity index (χ1v) is 8.43. The number of hydrogen-bond donors (Lipinski definition) is 2. The van der Waals surface area contributed by atoms with E-state index in [2.05, 4.69) is 16.5 Å². The quantitative estimate of drug-likeness (QED) is 0.708. The van der Waals surface area contributed by atoms with E-state index in [0.717, 1.165) is 38.9 Å². The summed E-state index contributed by atoms with van der Waals surface area (Å²) in [6, 6.07) is 0. The number of nitrogens with zero attached hydrogens (tertiary/aromatic N) is 1. The Kier molecular flexibility index (Phi) is 6.04. The minimum atomic E-state index is -3.07. The molecule has 0 aliphatic carbocycles. The molecule has 1 fully saturated rings. The largest absolute Gasteiger partial charge is 0.396 e. The maximum absolute atomic E-state index is 11.3. The number of sulfonamides is 1. The van der Waals surface area contributed by atoms with Gasteiger partial charge in [0.1, 0.15) is 0 Å². The number of aliphatic hydroxyl groups excluding tert-OH is 1. The number of rotatable bonds is 7. The predicted molar refractivity (Wildman–Crippen MR) is 72.9 cm³/mol. The summed E-state index contributed by atoms with van der Waals surface area (Å²) in [6.45, 7) is 7.16. The van der Waals surface area contributed by atoms with Crippen LogP contribution in [-0.2, 0) is 10.0 Å². The van der Waals surface area contributed by atoms with Crippen molar-refractivity contribution in [2.24, 2.45) is 5.41 Å². The Balaban J connectivity index is 2.28. The van der Waals surface area contributed by atoms with E-state index in [1.165, 1.54) is 0 Å². The van der Waals surface area contributed by atoms with Crippen LogP contribution in [0.4, 0.5) is 0 Å². The van der Waals surface area contributed by atoms with Gasteiger partial charge in [0.15, 0.2) is 0 Å². The maximum atomic E-state index is 11.3. The monoisotopic (exact) mass is 278 g/mol. The molecule has 0 amide bonds. The number of piperidine rings is 1. The standard InChI is InChI=1S/C12H26N2O3S/c1-3-12(11-15)5-8-14(9-6-12)10-7-13-18(16,17)4-2/h13,15H,3-11H2,1-2H3. The molecule has 0 bridgehead atoms. The van der Waals surface area contributed by atoms with Crippen LogP contribution in [0, 0.1) is 5.41 Å². The molecule has 18 heavy (non-hydrogen) atoms. The number of likely N-dealkylation sites (tertiary alicyclic amines) is 1. The fraction of sp³-hybridized carbons (Fsp3) is 1.00. The highest BCUT2D eigenvalue weighted by atomic mass is 32.2. The van der Waals surface area contributed by atoms with Crippen molar-refractivity contribution in [3.8, 4) is 0 Å². The van der Waals surface area contributed by atoms with E-state index in [1.54, 1.807) is 6.92 Å². The first kappa shape index (κ1) is 15.9. The highest BCUT2D eigenvalue weighted by Gasteiger charge is 2.31. The van der Waals surface area contributed by atoms with Crippen molar-refractivity contribution in [2.45, 2.75) is 33.1 Å². The van der Waals surface area contributed by atoms with Crippen LogP contribution in [0.15, 0.2) is 0 Å². The highest BCUT2D eigenvalue weighted by molar-refractivity contribution is 7.89. The van der Waals surface area contributed by atoms with Crippen molar-refractivity contribution in [3.63, 3.8) is 0 Å². The Bertz CT molecular complexity index is 329. The third kappa shape index (κ3) is 4.50. The van der Waals surface area contributed by atoms with E-state index in [-0.39, 0.29) is 17.8 Å². The molecule has 0 saturated carbocycles. The molecule has 0 spiro atoms. The van der Waals surface area contributed by atoms with Gasteiger partial charge in [-0.05, 0) is 44.7 Å². The van der Waals surface area contributed by atoms with Gasteiger partial charge in [0.2, 0.25) is 10.0 Å². The topological polar surface area (TPSA) is 69.6 Å². The lowest BCUT2D eigenvalue weighted by atomic mass is 9.77. The van der Waals surface area contributed by atoms with Gasteiger partial charge in [-0.25, -0.2) is 13.1 Å². The lowest BCUT2D eigenvalue weighted by molar-refractivity contribution is 0.0418. The molecule has 1 saturated heterocycles. The number of aliphatic hydroxyl groups is 1. The van der Waals surface area contributed by atoms with Crippen LogP contribution in [0.3, 0.4) is 0 Å². The van der Waals surface area contributed by atoms with Gasteiger partial charge in [-0.3, -0.25) is 0 Å². The lowest BCUT2D eigenvalue weighted by Gasteiger charge is -2.40. The molecule has 0 radical (unpaired) electrons. The predicted octanol–water partition coefficient (Wildman–Crippen LogP) is 0.410. The molecule has 1 heterocycles. The van der Waals surface area contributed by atoms with Gasteiger partial charge in [-0.15, -0.1) is 0 Å². The Hall–Kier alpha value is -0.170. The van der Waals surface area contributed by atoms with Crippen LogP contribution in [0.2, 0.25) is 0 Å². The minimum Gasteiger partial charge on any atom is -0.396 e. The van der Waals surface area contributed by atoms with Crippen LogP contribution >= 0.6 is 0 Å². The SMILES string of the molecule is CCC1(CO)CCN(CCNS(=O)(=O)CC)CC1. The zero-order valence-electron chi connectivity index (χ0n) is 11.5. The number of nitrogens with one attached hydrogen (secondary N) is 1. The fourth-order valence-electron chi connectivity index (χ4n) is 2.34. The second-order valence-corrected chi connectivity index (χ2v) is 7.25. The van der Waals surface area contributed by atoms with E-state index >= 15 is 0 Å². The van der Waals surface area contributed by atoms with Gasteiger partial charge in [-0.2, -0.15) is 0 Å². The molecular weight excluding hydrogens is 252 g/mol. The van der Waals surface area contributed by atoms with Crippen LogP contribution in [0.25, 0.3) is 0 Å². The van der Waals surface area contributed by atoms with E-state index in [0.29, 0.717) is 6.54 Å². The van der Waals surface area contributed by atoms with Gasteiger partial charge < -0.3 is 10.0 Å². The Morgan fingerprint density at radius 3 is 2.33 bits per heavy atom. The zero-order chi connectivity index (χ0) is 13.6. The summed E-state index contributed by atoms with van der Waals surface area (Å²) in [5.41, 5.74) is 0.0967. The molecule has 1 aliphatic heterocycles. The molecule has 1 rings (SSSR count). The van der Waals surface area contributed by atoms with Crippen molar-refractivity contribution in [1.82, 2.24) is 9.62 Å². The molecule has 1 aliphatic rings. The summed E-state index contributed by atoms with van der Waals surface area (Å²) in [5, 5.41) is 9.43. The third-order valence-electron chi connectivity index (χ3n) is 4.13. The van der Waals surface area contributed by atoms with Crippen LogP contribution in [0.5, 0.6) is 0 Å². The van der Waals surface area contributed by atoms with Gasteiger partial charge in [0.25, 0.3) is 0 Å². The van der Waals surface area contributed by atoms with Crippen molar-refractivity contribution < 1.29 is 13.5 Å². The molecule has 0 aromatic carbocycles. The molecule has 2 N–H and O–H groups in total. The highest BCUT2D eigenvalue weighted by Crippen LogP contribution is 2.33. The first-order chi connectivity index (χ1) is 8.47. The Morgan fingerprint density at radius 1 is 1.28 bits per heavy atom. The van der Waals surface area contributed by atoms with Crippen molar-refractivity contribution in [2.75, 3.05) is 38.5 Å². The fourth-order valence-corrected chi connectivity index (χ4v) is 2.94. The molecular formula is C12H26N2O3S. The normalized spacial score (nSPS) is 21.1. The second kappa shape index (κ2) is 6.84. The molecule has 5 nitrogen and oxygen atoms in total. The summed E-state index contributed by atoms with van der Waals surface area (Å²) in [7, 11) is -3.07. The summed E-state index contributed by atoms with van der Waals surface area (Å²) >= 11 is 0. The molecule has 0 unspecified atom stereocenters. The lowest BCUT2D eigenvalue weighted by Crippen LogP contribution is -2.44. The average Bonchev–Trinajstić information content (AvgIpc) is 2.40. The molecule has 6 heteroatoms. The Morgan fingerprint density at radius 2 is 1.89 bits per heavy atom. The van der Waals surface area contributed by atoms with E-state index < -0.39 is 10.0 Å². The van der Waals surface area contributed by atoms with Gasteiger partial charge in [0, 0.05) is 19.7 Å². The Labute approximate surface area is 111 Å². The average molecular weight is 278 g/mol. The second-order valence-electron chi connectivity index (χ2n) is 5.15. The smallest absolute Gasteiger partial charge is 0.211 e. The van der Waals surface area contributed by atoms with E-state index in [1.807, 2.05) is 0 Å². The zero-order valence-corrected chi connectivity index (χ0v) is 12.3. The van der Waals surface area contributed by atoms with E-state index in [4.69, 9.17) is 0 Å².